The van der Waals surface area contributed by atoms with Gasteiger partial charge < -0.3 is 15.0 Å². The lowest BCUT2D eigenvalue weighted by molar-refractivity contribution is 0.0497. The molecule has 1 aliphatic rings. The molecule has 8 heteroatoms. The van der Waals surface area contributed by atoms with E-state index in [0.717, 1.165) is 45.5 Å². The fraction of sp³-hybridized carbons (Fsp3) is 0.562. The van der Waals surface area contributed by atoms with Crippen LogP contribution in [0, 0.1) is 3.57 Å². The van der Waals surface area contributed by atoms with Crippen molar-refractivity contribution >= 4 is 56.1 Å². The number of aromatic nitrogens is 2. The molecule has 0 saturated carbocycles. The number of anilines is 1. The first-order valence-corrected chi connectivity index (χ1v) is 9.91. The molecule has 1 fully saturated rings. The number of ether oxygens (including phenoxy) is 1. The van der Waals surface area contributed by atoms with E-state index in [2.05, 4.69) is 48.2 Å². The minimum absolute atomic E-state index is 0.150. The molecule has 1 saturated heterocycles. The quantitative estimate of drug-likeness (QED) is 0.691. The number of hydrogen-bond acceptors (Lipinski definition) is 6. The number of piperidine rings is 1. The van der Waals surface area contributed by atoms with Crippen molar-refractivity contribution in [1.29, 1.82) is 0 Å². The molecule has 1 aliphatic heterocycles. The third kappa shape index (κ3) is 4.08. The molecule has 2 aromatic rings. The number of hydrogen-bond donors (Lipinski definition) is 1. The van der Waals surface area contributed by atoms with E-state index in [1.807, 2.05) is 20.8 Å². The SMILES string of the molecule is CC(C)(C)OC(=O)NC1CCN(c2ncnc3c(I)csc23)CC1. The van der Waals surface area contributed by atoms with E-state index in [9.17, 15) is 4.79 Å². The maximum absolute atomic E-state index is 11.9. The van der Waals surface area contributed by atoms with Gasteiger partial charge in [-0.3, -0.25) is 0 Å². The van der Waals surface area contributed by atoms with Crippen molar-refractivity contribution in [3.8, 4) is 0 Å². The highest BCUT2D eigenvalue weighted by molar-refractivity contribution is 14.1. The zero-order valence-corrected chi connectivity index (χ0v) is 17.0. The summed E-state index contributed by atoms with van der Waals surface area (Å²) in [5.74, 6) is 1.00. The molecule has 2 aromatic heterocycles. The fourth-order valence-corrected chi connectivity index (χ4v) is 4.61. The van der Waals surface area contributed by atoms with E-state index < -0.39 is 5.60 Å². The van der Waals surface area contributed by atoms with Gasteiger partial charge in [-0.1, -0.05) is 0 Å². The molecule has 0 spiro atoms. The smallest absolute Gasteiger partial charge is 0.407 e. The van der Waals surface area contributed by atoms with Gasteiger partial charge >= 0.3 is 6.09 Å². The molecule has 0 bridgehead atoms. The summed E-state index contributed by atoms with van der Waals surface area (Å²) in [6.45, 7) is 7.34. The molecule has 1 N–H and O–H groups in total. The van der Waals surface area contributed by atoms with E-state index in [-0.39, 0.29) is 12.1 Å². The van der Waals surface area contributed by atoms with Crippen LogP contribution in [0.25, 0.3) is 10.2 Å². The number of amides is 1. The molecule has 24 heavy (non-hydrogen) atoms. The molecule has 0 aromatic carbocycles. The number of thiophene rings is 1. The summed E-state index contributed by atoms with van der Waals surface area (Å²) in [7, 11) is 0. The van der Waals surface area contributed by atoms with Gasteiger partial charge in [-0.2, -0.15) is 0 Å². The van der Waals surface area contributed by atoms with E-state index >= 15 is 0 Å². The Morgan fingerprint density at radius 1 is 1.38 bits per heavy atom. The molecule has 0 aliphatic carbocycles. The zero-order chi connectivity index (χ0) is 17.3. The molecule has 1 amide bonds. The van der Waals surface area contributed by atoms with Gasteiger partial charge in [0.05, 0.1) is 13.8 Å². The molecule has 0 unspecified atom stereocenters. The summed E-state index contributed by atoms with van der Waals surface area (Å²) < 4.78 is 7.63. The number of fused-ring (bicyclic) bond motifs is 1. The first-order valence-electron chi connectivity index (χ1n) is 7.95. The van der Waals surface area contributed by atoms with E-state index in [4.69, 9.17) is 4.74 Å². The monoisotopic (exact) mass is 460 g/mol. The number of halogens is 1. The van der Waals surface area contributed by atoms with Crippen LogP contribution in [-0.2, 0) is 4.74 Å². The lowest BCUT2D eigenvalue weighted by atomic mass is 10.1. The van der Waals surface area contributed by atoms with Crippen LogP contribution in [0.4, 0.5) is 10.6 Å². The van der Waals surface area contributed by atoms with Crippen LogP contribution in [0.15, 0.2) is 11.7 Å². The van der Waals surface area contributed by atoms with Crippen molar-refractivity contribution in [3.05, 3.63) is 15.3 Å². The third-order valence-electron chi connectivity index (χ3n) is 3.81. The predicted octanol–water partition coefficient (Wildman–Crippen LogP) is 3.79. The van der Waals surface area contributed by atoms with Crippen molar-refractivity contribution in [3.63, 3.8) is 0 Å². The third-order valence-corrected chi connectivity index (χ3v) is 6.02. The van der Waals surface area contributed by atoms with Crippen LogP contribution in [0.1, 0.15) is 33.6 Å². The zero-order valence-electron chi connectivity index (χ0n) is 14.0. The van der Waals surface area contributed by atoms with Crippen molar-refractivity contribution in [2.24, 2.45) is 0 Å². The Balaban J connectivity index is 1.62. The van der Waals surface area contributed by atoms with E-state index in [1.54, 1.807) is 17.7 Å². The second-order valence-electron chi connectivity index (χ2n) is 6.87. The Bertz CT molecular complexity index is 735. The minimum atomic E-state index is -0.465. The molecule has 6 nitrogen and oxygen atoms in total. The Morgan fingerprint density at radius 3 is 2.75 bits per heavy atom. The molecular weight excluding hydrogens is 439 g/mol. The van der Waals surface area contributed by atoms with Gasteiger partial charge in [0.1, 0.15) is 17.7 Å². The summed E-state index contributed by atoms with van der Waals surface area (Å²) in [6, 6.07) is 0.150. The Kier molecular flexibility index (Phi) is 5.14. The molecular formula is C16H21IN4O2S. The van der Waals surface area contributed by atoms with Gasteiger partial charge in [0.2, 0.25) is 0 Å². The lowest BCUT2D eigenvalue weighted by Gasteiger charge is -2.33. The second kappa shape index (κ2) is 6.99. The van der Waals surface area contributed by atoms with Crippen LogP contribution in [0.2, 0.25) is 0 Å². The van der Waals surface area contributed by atoms with Gasteiger partial charge in [0, 0.05) is 24.5 Å². The highest BCUT2D eigenvalue weighted by Gasteiger charge is 2.25. The molecule has 0 radical (unpaired) electrons. The van der Waals surface area contributed by atoms with Crippen LogP contribution in [0.5, 0.6) is 0 Å². The topological polar surface area (TPSA) is 67.3 Å². The maximum atomic E-state index is 11.9. The number of nitrogens with one attached hydrogen (secondary N) is 1. The van der Waals surface area contributed by atoms with E-state index in [0.29, 0.717) is 0 Å². The van der Waals surface area contributed by atoms with Gasteiger partial charge in [-0.05, 0) is 56.2 Å². The summed E-state index contributed by atoms with van der Waals surface area (Å²) >= 11 is 4.00. The van der Waals surface area contributed by atoms with Crippen molar-refractivity contribution in [1.82, 2.24) is 15.3 Å². The maximum Gasteiger partial charge on any atom is 0.407 e. The summed E-state index contributed by atoms with van der Waals surface area (Å²) in [5.41, 5.74) is 0.563. The molecule has 0 atom stereocenters. The first kappa shape index (κ1) is 17.7. The van der Waals surface area contributed by atoms with Crippen LogP contribution in [0.3, 0.4) is 0 Å². The van der Waals surface area contributed by atoms with Crippen molar-refractivity contribution < 1.29 is 9.53 Å². The van der Waals surface area contributed by atoms with Crippen LogP contribution in [-0.4, -0.2) is 40.8 Å². The molecule has 3 rings (SSSR count). The van der Waals surface area contributed by atoms with Gasteiger partial charge in [-0.25, -0.2) is 14.8 Å². The normalized spacial score (nSPS) is 16.4. The number of alkyl carbamates (subject to hydrolysis) is 1. The Labute approximate surface area is 159 Å². The number of nitrogens with zero attached hydrogens (tertiary/aromatic N) is 3. The number of rotatable bonds is 2. The van der Waals surface area contributed by atoms with Gasteiger partial charge in [-0.15, -0.1) is 11.3 Å². The summed E-state index contributed by atoms with van der Waals surface area (Å²) in [5, 5.41) is 5.08. The average Bonchev–Trinajstić information content (AvgIpc) is 2.88. The fourth-order valence-electron chi connectivity index (χ4n) is 2.74. The summed E-state index contributed by atoms with van der Waals surface area (Å²) in [4.78, 5) is 23.0. The highest BCUT2D eigenvalue weighted by Crippen LogP contribution is 2.33. The van der Waals surface area contributed by atoms with Crippen molar-refractivity contribution in [2.45, 2.75) is 45.3 Å². The lowest BCUT2D eigenvalue weighted by Crippen LogP contribution is -2.46. The van der Waals surface area contributed by atoms with Crippen molar-refractivity contribution in [2.75, 3.05) is 18.0 Å². The average molecular weight is 460 g/mol. The number of carbonyl (C=O) groups excluding carboxylic acids is 1. The standard InChI is InChI=1S/C16H21IN4O2S/c1-16(2,3)23-15(22)20-10-4-6-21(7-5-10)14-13-12(18-9-19-14)11(17)8-24-13/h8-10H,4-7H2,1-3H3,(H,20,22). The Hall–Kier alpha value is -1.16. The van der Waals surface area contributed by atoms with Gasteiger partial charge in [0.25, 0.3) is 0 Å². The van der Waals surface area contributed by atoms with E-state index in [1.165, 1.54) is 0 Å². The molecule has 130 valence electrons. The van der Waals surface area contributed by atoms with Crippen LogP contribution < -0.4 is 10.2 Å². The minimum Gasteiger partial charge on any atom is -0.444 e. The van der Waals surface area contributed by atoms with Crippen LogP contribution >= 0.6 is 33.9 Å². The largest absolute Gasteiger partial charge is 0.444 e. The number of carbonyl (C=O) groups is 1. The Morgan fingerprint density at radius 2 is 2.08 bits per heavy atom. The predicted molar refractivity (Wildman–Crippen MR) is 105 cm³/mol. The highest BCUT2D eigenvalue weighted by atomic mass is 127. The molecule has 3 heterocycles. The summed E-state index contributed by atoms with van der Waals surface area (Å²) in [6.07, 6.45) is 3.07. The van der Waals surface area contributed by atoms with Gasteiger partial charge in [0.15, 0.2) is 0 Å². The first-order chi connectivity index (χ1) is 11.3. The second-order valence-corrected chi connectivity index (χ2v) is 8.91.